The van der Waals surface area contributed by atoms with Gasteiger partial charge in [-0.15, -0.1) is 0 Å². The highest BCUT2D eigenvalue weighted by atomic mass is 16.5. The number of cyclic esters (lactones) is 1. The van der Waals surface area contributed by atoms with E-state index in [1.165, 1.54) is 0 Å². The van der Waals surface area contributed by atoms with Crippen LogP contribution in [-0.4, -0.2) is 13.1 Å². The molecular weight excluding hydrogens is 264 g/mol. The van der Waals surface area contributed by atoms with Crippen LogP contribution in [0.1, 0.15) is 11.1 Å². The summed E-state index contributed by atoms with van der Waals surface area (Å²) in [5, 5.41) is 0. The zero-order valence-electron chi connectivity index (χ0n) is 11.6. The van der Waals surface area contributed by atoms with Crippen molar-refractivity contribution >= 4 is 17.6 Å². The lowest BCUT2D eigenvalue weighted by molar-refractivity contribution is -0.131. The van der Waals surface area contributed by atoms with E-state index in [1.54, 1.807) is 13.2 Å². The highest BCUT2D eigenvalue weighted by Crippen LogP contribution is 2.28. The molecule has 0 N–H and O–H groups in total. The fraction of sp³-hybridized carbons (Fsp3) is 0.0556. The molecule has 0 aliphatic carbocycles. The van der Waals surface area contributed by atoms with Gasteiger partial charge >= 0.3 is 5.97 Å². The molecule has 0 amide bonds. The van der Waals surface area contributed by atoms with E-state index in [1.807, 2.05) is 60.7 Å². The molecule has 0 saturated heterocycles. The van der Waals surface area contributed by atoms with Crippen LogP contribution in [0.25, 0.3) is 11.6 Å². The first kappa shape index (κ1) is 13.2. The van der Waals surface area contributed by atoms with Gasteiger partial charge in [-0.2, -0.15) is 0 Å². The van der Waals surface area contributed by atoms with Crippen molar-refractivity contribution in [2.45, 2.75) is 0 Å². The van der Waals surface area contributed by atoms with Gasteiger partial charge in [0.05, 0.1) is 12.7 Å². The third-order valence-corrected chi connectivity index (χ3v) is 3.23. The molecule has 3 rings (SSSR count). The third-order valence-electron chi connectivity index (χ3n) is 3.23. The Morgan fingerprint density at radius 3 is 2.38 bits per heavy atom. The SMILES string of the molecule is COc1ccc(C2=CC(=Cc3ccccc3)OC2=O)cc1. The number of rotatable bonds is 3. The van der Waals surface area contributed by atoms with Crippen molar-refractivity contribution in [2.75, 3.05) is 7.11 Å². The lowest BCUT2D eigenvalue weighted by atomic mass is 10.1. The van der Waals surface area contributed by atoms with Crippen molar-refractivity contribution in [3.63, 3.8) is 0 Å². The van der Waals surface area contributed by atoms with Crippen LogP contribution in [0.4, 0.5) is 0 Å². The number of carbonyl (C=O) groups is 1. The van der Waals surface area contributed by atoms with Gasteiger partial charge in [-0.3, -0.25) is 0 Å². The minimum atomic E-state index is -0.331. The summed E-state index contributed by atoms with van der Waals surface area (Å²) < 4.78 is 10.4. The average Bonchev–Trinajstić information content (AvgIpc) is 2.89. The predicted molar refractivity (Wildman–Crippen MR) is 81.5 cm³/mol. The quantitative estimate of drug-likeness (QED) is 0.803. The van der Waals surface area contributed by atoms with E-state index in [2.05, 4.69) is 0 Å². The fourth-order valence-electron chi connectivity index (χ4n) is 2.15. The molecule has 0 aromatic heterocycles. The Kier molecular flexibility index (Phi) is 3.56. The minimum absolute atomic E-state index is 0.331. The lowest BCUT2D eigenvalue weighted by Crippen LogP contribution is -1.98. The number of allylic oxidation sites excluding steroid dienone is 1. The molecule has 0 saturated carbocycles. The molecule has 0 atom stereocenters. The molecule has 3 heteroatoms. The summed E-state index contributed by atoms with van der Waals surface area (Å²) in [5.74, 6) is 0.977. The maximum atomic E-state index is 12.0. The molecule has 0 fully saturated rings. The maximum absolute atomic E-state index is 12.0. The summed E-state index contributed by atoms with van der Waals surface area (Å²) in [5.41, 5.74) is 2.37. The highest BCUT2D eigenvalue weighted by molar-refractivity contribution is 6.19. The molecular formula is C18H14O3. The van der Waals surface area contributed by atoms with E-state index in [9.17, 15) is 4.79 Å². The van der Waals surface area contributed by atoms with Gasteiger partial charge in [-0.25, -0.2) is 4.79 Å². The first-order valence-electron chi connectivity index (χ1n) is 6.61. The van der Waals surface area contributed by atoms with Gasteiger partial charge in [0.25, 0.3) is 0 Å². The van der Waals surface area contributed by atoms with Crippen LogP contribution in [0.5, 0.6) is 5.75 Å². The van der Waals surface area contributed by atoms with E-state index in [0.29, 0.717) is 11.3 Å². The van der Waals surface area contributed by atoms with Crippen LogP contribution >= 0.6 is 0 Å². The maximum Gasteiger partial charge on any atom is 0.344 e. The van der Waals surface area contributed by atoms with Gasteiger partial charge in [-0.1, -0.05) is 42.5 Å². The summed E-state index contributed by atoms with van der Waals surface area (Å²) in [6.07, 6.45) is 3.60. The van der Waals surface area contributed by atoms with Crippen LogP contribution in [0, 0.1) is 0 Å². The van der Waals surface area contributed by atoms with Crippen molar-refractivity contribution in [3.8, 4) is 5.75 Å². The topological polar surface area (TPSA) is 35.5 Å². The summed E-state index contributed by atoms with van der Waals surface area (Å²) in [4.78, 5) is 12.0. The second-order valence-electron chi connectivity index (χ2n) is 4.63. The van der Waals surface area contributed by atoms with E-state index in [4.69, 9.17) is 9.47 Å². The molecule has 0 spiro atoms. The van der Waals surface area contributed by atoms with Gasteiger partial charge in [-0.05, 0) is 35.4 Å². The molecule has 3 nitrogen and oxygen atoms in total. The number of benzene rings is 2. The molecule has 1 aliphatic heterocycles. The fourth-order valence-corrected chi connectivity index (χ4v) is 2.15. The summed E-state index contributed by atoms with van der Waals surface area (Å²) in [6, 6.07) is 17.1. The molecule has 2 aromatic carbocycles. The molecule has 1 heterocycles. The molecule has 0 radical (unpaired) electrons. The second-order valence-corrected chi connectivity index (χ2v) is 4.63. The van der Waals surface area contributed by atoms with Crippen molar-refractivity contribution < 1.29 is 14.3 Å². The number of hydrogen-bond donors (Lipinski definition) is 0. The first-order valence-corrected chi connectivity index (χ1v) is 6.61. The first-order chi connectivity index (χ1) is 10.3. The van der Waals surface area contributed by atoms with Crippen molar-refractivity contribution in [1.29, 1.82) is 0 Å². The molecule has 2 aromatic rings. The number of ether oxygens (including phenoxy) is 2. The average molecular weight is 278 g/mol. The zero-order chi connectivity index (χ0) is 14.7. The summed E-state index contributed by atoms with van der Waals surface area (Å²) in [6.45, 7) is 0. The van der Waals surface area contributed by atoms with Crippen molar-refractivity contribution in [3.05, 3.63) is 77.6 Å². The molecule has 104 valence electrons. The predicted octanol–water partition coefficient (Wildman–Crippen LogP) is 3.68. The Bertz CT molecular complexity index is 710. The number of esters is 1. The molecule has 21 heavy (non-hydrogen) atoms. The zero-order valence-corrected chi connectivity index (χ0v) is 11.6. The van der Waals surface area contributed by atoms with Gasteiger partial charge in [0, 0.05) is 0 Å². The van der Waals surface area contributed by atoms with E-state index in [0.717, 1.165) is 16.9 Å². The second kappa shape index (κ2) is 5.67. The van der Waals surface area contributed by atoms with Crippen LogP contribution in [0.3, 0.4) is 0 Å². The Morgan fingerprint density at radius 2 is 1.71 bits per heavy atom. The van der Waals surface area contributed by atoms with E-state index >= 15 is 0 Å². The van der Waals surface area contributed by atoms with Gasteiger partial charge in [0.15, 0.2) is 0 Å². The van der Waals surface area contributed by atoms with E-state index in [-0.39, 0.29) is 5.97 Å². The lowest BCUT2D eigenvalue weighted by Gasteiger charge is -2.02. The monoisotopic (exact) mass is 278 g/mol. The largest absolute Gasteiger partial charge is 0.497 e. The molecule has 0 bridgehead atoms. The summed E-state index contributed by atoms with van der Waals surface area (Å²) in [7, 11) is 1.61. The van der Waals surface area contributed by atoms with E-state index < -0.39 is 0 Å². The Morgan fingerprint density at radius 1 is 1.00 bits per heavy atom. The van der Waals surface area contributed by atoms with Gasteiger partial charge < -0.3 is 9.47 Å². The standard InChI is InChI=1S/C18H14O3/c1-20-15-9-7-14(8-10-15)17-12-16(21-18(17)19)11-13-5-3-2-4-6-13/h2-12H,1H3. The highest BCUT2D eigenvalue weighted by Gasteiger charge is 2.22. The molecule has 1 aliphatic rings. The van der Waals surface area contributed by atoms with Crippen molar-refractivity contribution in [2.24, 2.45) is 0 Å². The van der Waals surface area contributed by atoms with Crippen molar-refractivity contribution in [1.82, 2.24) is 0 Å². The van der Waals surface area contributed by atoms with Crippen LogP contribution in [0.2, 0.25) is 0 Å². The number of hydrogen-bond acceptors (Lipinski definition) is 3. The van der Waals surface area contributed by atoms with Crippen LogP contribution < -0.4 is 4.74 Å². The van der Waals surface area contributed by atoms with Crippen LogP contribution in [0.15, 0.2) is 66.4 Å². The Labute approximate surface area is 123 Å². The minimum Gasteiger partial charge on any atom is -0.497 e. The summed E-state index contributed by atoms with van der Waals surface area (Å²) >= 11 is 0. The third kappa shape index (κ3) is 2.87. The number of carbonyl (C=O) groups excluding carboxylic acids is 1. The smallest absolute Gasteiger partial charge is 0.344 e. The van der Waals surface area contributed by atoms with Gasteiger partial charge in [0.2, 0.25) is 0 Å². The van der Waals surface area contributed by atoms with Gasteiger partial charge in [0.1, 0.15) is 11.5 Å². The van der Waals surface area contributed by atoms with Crippen LogP contribution in [-0.2, 0) is 9.53 Å². The Balaban J connectivity index is 1.90. The number of methoxy groups -OCH3 is 1. The normalized spacial score (nSPS) is 15.8. The molecule has 0 unspecified atom stereocenters. The Hall–Kier alpha value is -2.81.